The zero-order valence-electron chi connectivity index (χ0n) is 13.5. The first-order chi connectivity index (χ1) is 11.6. The van der Waals surface area contributed by atoms with Gasteiger partial charge in [0.2, 0.25) is 0 Å². The monoisotopic (exact) mass is 382 g/mol. The minimum Gasteiger partial charge on any atom is -0.497 e. The Labute approximate surface area is 156 Å². The van der Waals surface area contributed by atoms with Crippen LogP contribution in [0.5, 0.6) is 11.5 Å². The Morgan fingerprint density at radius 3 is 2.54 bits per heavy atom. The van der Waals surface area contributed by atoms with Gasteiger partial charge >= 0.3 is 0 Å². The molecule has 2 aromatic rings. The van der Waals surface area contributed by atoms with E-state index in [2.05, 4.69) is 10.6 Å². The number of anilines is 1. The summed E-state index contributed by atoms with van der Waals surface area (Å²) in [5.41, 5.74) is 0.764. The van der Waals surface area contributed by atoms with Crippen LogP contribution < -0.4 is 20.1 Å². The summed E-state index contributed by atoms with van der Waals surface area (Å²) in [6.45, 7) is 0.741. The van der Waals surface area contributed by atoms with E-state index >= 15 is 0 Å². The molecular formula is C17H19ClN2O2S2. The predicted octanol–water partition coefficient (Wildman–Crippen LogP) is 4.44. The van der Waals surface area contributed by atoms with Gasteiger partial charge in [0.15, 0.2) is 5.11 Å². The summed E-state index contributed by atoms with van der Waals surface area (Å²) >= 11 is 12.9. The van der Waals surface area contributed by atoms with Crippen LogP contribution in [0.3, 0.4) is 0 Å². The van der Waals surface area contributed by atoms with Crippen molar-refractivity contribution < 1.29 is 9.47 Å². The first-order valence-corrected chi connectivity index (χ1v) is 9.05. The maximum absolute atomic E-state index is 5.87. The summed E-state index contributed by atoms with van der Waals surface area (Å²) in [4.78, 5) is 1.18. The number of ether oxygens (including phenoxy) is 2. The van der Waals surface area contributed by atoms with Crippen molar-refractivity contribution in [3.63, 3.8) is 0 Å². The highest BCUT2D eigenvalue weighted by Crippen LogP contribution is 2.28. The molecule has 0 saturated heterocycles. The molecule has 0 aliphatic heterocycles. The van der Waals surface area contributed by atoms with E-state index in [1.54, 1.807) is 26.0 Å². The van der Waals surface area contributed by atoms with Crippen molar-refractivity contribution in [3.8, 4) is 11.5 Å². The van der Waals surface area contributed by atoms with Crippen molar-refractivity contribution in [2.24, 2.45) is 0 Å². The van der Waals surface area contributed by atoms with Gasteiger partial charge in [0, 0.05) is 28.3 Å². The highest BCUT2D eigenvalue weighted by Gasteiger charge is 2.06. The molecule has 0 aliphatic carbocycles. The van der Waals surface area contributed by atoms with Crippen LogP contribution in [0.25, 0.3) is 0 Å². The lowest BCUT2D eigenvalue weighted by atomic mass is 10.2. The predicted molar refractivity (Wildman–Crippen MR) is 106 cm³/mol. The molecule has 0 atom stereocenters. The average molecular weight is 383 g/mol. The van der Waals surface area contributed by atoms with Crippen LogP contribution in [0.15, 0.2) is 47.4 Å². The number of benzene rings is 2. The van der Waals surface area contributed by atoms with Gasteiger partial charge < -0.3 is 20.1 Å². The van der Waals surface area contributed by atoms with Gasteiger partial charge in [-0.05, 0) is 48.6 Å². The zero-order chi connectivity index (χ0) is 17.4. The van der Waals surface area contributed by atoms with Crippen molar-refractivity contribution in [3.05, 3.63) is 47.5 Å². The molecule has 0 spiro atoms. The van der Waals surface area contributed by atoms with Crippen molar-refractivity contribution in [1.29, 1.82) is 0 Å². The maximum atomic E-state index is 5.87. The Kier molecular flexibility index (Phi) is 7.49. The van der Waals surface area contributed by atoms with Crippen LogP contribution in [0, 0.1) is 0 Å². The van der Waals surface area contributed by atoms with E-state index in [-0.39, 0.29) is 0 Å². The van der Waals surface area contributed by atoms with Crippen molar-refractivity contribution in [2.75, 3.05) is 31.8 Å². The number of thiocarbonyl (C=S) groups is 1. The van der Waals surface area contributed by atoms with Crippen molar-refractivity contribution in [1.82, 2.24) is 5.32 Å². The van der Waals surface area contributed by atoms with Crippen LogP contribution in [-0.4, -0.2) is 31.6 Å². The van der Waals surface area contributed by atoms with Gasteiger partial charge in [-0.25, -0.2) is 0 Å². The smallest absolute Gasteiger partial charge is 0.170 e. The largest absolute Gasteiger partial charge is 0.497 e. The summed E-state index contributed by atoms with van der Waals surface area (Å²) in [5, 5.41) is 7.60. The number of thioether (sulfide) groups is 1. The summed E-state index contributed by atoms with van der Waals surface area (Å²) in [7, 11) is 3.24. The quantitative estimate of drug-likeness (QED) is 0.419. The lowest BCUT2D eigenvalue weighted by Gasteiger charge is -2.14. The van der Waals surface area contributed by atoms with Gasteiger partial charge in [0.05, 0.1) is 19.9 Å². The molecule has 0 amide bonds. The third-order valence-corrected chi connectivity index (χ3v) is 4.64. The molecule has 0 saturated carbocycles. The lowest BCUT2D eigenvalue weighted by Crippen LogP contribution is -2.30. The molecule has 7 heteroatoms. The Hall–Kier alpha value is -1.63. The fourth-order valence-corrected chi connectivity index (χ4v) is 3.05. The normalized spacial score (nSPS) is 10.1. The summed E-state index contributed by atoms with van der Waals surface area (Å²) in [6.07, 6.45) is 0. The van der Waals surface area contributed by atoms with E-state index in [4.69, 9.17) is 33.3 Å². The van der Waals surface area contributed by atoms with Crippen LogP contribution in [0.2, 0.25) is 5.02 Å². The molecule has 0 aliphatic rings. The number of hydrogen-bond acceptors (Lipinski definition) is 4. The van der Waals surface area contributed by atoms with Gasteiger partial charge in [-0.1, -0.05) is 11.6 Å². The number of hydrogen-bond donors (Lipinski definition) is 2. The molecule has 24 heavy (non-hydrogen) atoms. The summed E-state index contributed by atoms with van der Waals surface area (Å²) in [5.74, 6) is 2.33. The number of methoxy groups -OCH3 is 2. The molecule has 2 N–H and O–H groups in total. The molecule has 0 radical (unpaired) electrons. The molecule has 0 heterocycles. The maximum Gasteiger partial charge on any atom is 0.170 e. The van der Waals surface area contributed by atoms with Gasteiger partial charge in [-0.15, -0.1) is 11.8 Å². The molecule has 0 aromatic heterocycles. The van der Waals surface area contributed by atoms with Gasteiger partial charge in [0.25, 0.3) is 0 Å². The zero-order valence-corrected chi connectivity index (χ0v) is 15.9. The standard InChI is InChI=1S/C17H19ClN2O2S2/c1-21-13-5-8-16(22-2)15(11-13)20-17(23)19-9-10-24-14-6-3-12(18)4-7-14/h3-8,11H,9-10H2,1-2H3,(H2,19,20,23). The molecular weight excluding hydrogens is 364 g/mol. The van der Waals surface area contributed by atoms with Crippen molar-refractivity contribution in [2.45, 2.75) is 4.90 Å². The van der Waals surface area contributed by atoms with Crippen LogP contribution in [-0.2, 0) is 0 Å². The molecule has 128 valence electrons. The van der Waals surface area contributed by atoms with E-state index in [0.717, 1.165) is 28.8 Å². The van der Waals surface area contributed by atoms with E-state index < -0.39 is 0 Å². The molecule has 0 unspecified atom stereocenters. The second kappa shape index (κ2) is 9.61. The number of nitrogens with one attached hydrogen (secondary N) is 2. The Balaban J connectivity index is 1.80. The van der Waals surface area contributed by atoms with E-state index in [1.165, 1.54) is 4.90 Å². The second-order valence-corrected chi connectivity index (χ2v) is 6.76. The molecule has 0 bridgehead atoms. The fourth-order valence-electron chi connectivity index (χ4n) is 1.94. The summed E-state index contributed by atoms with van der Waals surface area (Å²) in [6, 6.07) is 13.3. The minimum atomic E-state index is 0.540. The third kappa shape index (κ3) is 5.78. The topological polar surface area (TPSA) is 42.5 Å². The average Bonchev–Trinajstić information content (AvgIpc) is 2.60. The second-order valence-electron chi connectivity index (χ2n) is 4.75. The van der Waals surface area contributed by atoms with E-state index in [0.29, 0.717) is 10.9 Å². The molecule has 2 aromatic carbocycles. The highest BCUT2D eigenvalue weighted by atomic mass is 35.5. The minimum absolute atomic E-state index is 0.540. The molecule has 4 nitrogen and oxygen atoms in total. The molecule has 2 rings (SSSR count). The van der Waals surface area contributed by atoms with Crippen LogP contribution in [0.1, 0.15) is 0 Å². The number of rotatable bonds is 7. The highest BCUT2D eigenvalue weighted by molar-refractivity contribution is 7.99. The van der Waals surface area contributed by atoms with E-state index in [1.807, 2.05) is 42.5 Å². The SMILES string of the molecule is COc1ccc(OC)c(NC(=S)NCCSc2ccc(Cl)cc2)c1. The van der Waals surface area contributed by atoms with Gasteiger partial charge in [-0.3, -0.25) is 0 Å². The van der Waals surface area contributed by atoms with Crippen LogP contribution >= 0.6 is 35.6 Å². The van der Waals surface area contributed by atoms with E-state index in [9.17, 15) is 0 Å². The molecule has 0 fully saturated rings. The number of halogens is 1. The fraction of sp³-hybridized carbons (Fsp3) is 0.235. The first kappa shape index (κ1) is 18.7. The third-order valence-electron chi connectivity index (χ3n) is 3.12. The van der Waals surface area contributed by atoms with Gasteiger partial charge in [-0.2, -0.15) is 0 Å². The van der Waals surface area contributed by atoms with Gasteiger partial charge in [0.1, 0.15) is 11.5 Å². The lowest BCUT2D eigenvalue weighted by molar-refractivity contribution is 0.405. The Bertz CT molecular complexity index is 681. The summed E-state index contributed by atoms with van der Waals surface area (Å²) < 4.78 is 10.5. The van der Waals surface area contributed by atoms with Crippen LogP contribution in [0.4, 0.5) is 5.69 Å². The first-order valence-electron chi connectivity index (χ1n) is 7.27. The Morgan fingerprint density at radius 2 is 1.88 bits per heavy atom. The Morgan fingerprint density at radius 1 is 1.12 bits per heavy atom. The van der Waals surface area contributed by atoms with Crippen molar-refractivity contribution >= 4 is 46.4 Å².